The molecule has 0 atom stereocenters. The summed E-state index contributed by atoms with van der Waals surface area (Å²) < 4.78 is 31.5. The zero-order chi connectivity index (χ0) is 17.9. The molecule has 1 aromatic heterocycles. The Kier molecular flexibility index (Phi) is 6.16. The Morgan fingerprint density at radius 3 is 2.58 bits per heavy atom. The molecule has 0 aliphatic carbocycles. The molecule has 2 aromatic rings. The fourth-order valence-electron chi connectivity index (χ4n) is 1.70. The van der Waals surface area contributed by atoms with E-state index in [4.69, 9.17) is 16.3 Å². The summed E-state index contributed by atoms with van der Waals surface area (Å²) in [5, 5.41) is -0.0274. The highest BCUT2D eigenvalue weighted by Crippen LogP contribution is 2.24. The number of rotatable bonds is 6. The van der Waals surface area contributed by atoms with E-state index in [1.54, 1.807) is 12.1 Å². The van der Waals surface area contributed by atoms with Gasteiger partial charge >= 0.3 is 5.97 Å². The first-order valence-corrected chi connectivity index (χ1v) is 9.90. The average molecular weight is 453 g/mol. The molecule has 0 radical (unpaired) electrons. The van der Waals surface area contributed by atoms with Gasteiger partial charge in [-0.2, -0.15) is 0 Å². The van der Waals surface area contributed by atoms with E-state index in [2.05, 4.69) is 20.7 Å². The lowest BCUT2D eigenvalue weighted by molar-refractivity contribution is 0.0475. The summed E-state index contributed by atoms with van der Waals surface area (Å²) in [6, 6.07) is 7.04. The highest BCUT2D eigenvalue weighted by Gasteiger charge is 2.20. The third-order valence-electron chi connectivity index (χ3n) is 2.91. The lowest BCUT2D eigenvalue weighted by Crippen LogP contribution is -2.20. The van der Waals surface area contributed by atoms with Crippen LogP contribution in [0.2, 0.25) is 5.02 Å². The fourth-order valence-corrected chi connectivity index (χ4v) is 4.26. The largest absolute Gasteiger partial charge is 0.454 e. The molecule has 10 heteroatoms. The lowest BCUT2D eigenvalue weighted by Gasteiger charge is -2.08. The van der Waals surface area contributed by atoms with E-state index < -0.39 is 22.6 Å². The van der Waals surface area contributed by atoms with E-state index in [1.165, 1.54) is 30.5 Å². The third kappa shape index (κ3) is 4.42. The number of ether oxygens (including phenoxy) is 1. The van der Waals surface area contributed by atoms with Gasteiger partial charge in [0, 0.05) is 0 Å². The highest BCUT2D eigenvalue weighted by atomic mass is 79.9. The van der Waals surface area contributed by atoms with Gasteiger partial charge < -0.3 is 4.74 Å². The normalized spacial score (nSPS) is 11.3. The van der Waals surface area contributed by atoms with E-state index in [0.29, 0.717) is 4.88 Å². The van der Waals surface area contributed by atoms with E-state index in [-0.39, 0.29) is 21.3 Å². The zero-order valence-corrected chi connectivity index (χ0v) is 16.2. The van der Waals surface area contributed by atoms with E-state index in [0.717, 1.165) is 9.85 Å². The molecule has 0 spiro atoms. The molecule has 0 fully saturated rings. The number of esters is 1. The van der Waals surface area contributed by atoms with Crippen LogP contribution in [0, 0.1) is 0 Å². The quantitative estimate of drug-likeness (QED) is 0.537. The first kappa shape index (κ1) is 19.1. The molecule has 24 heavy (non-hydrogen) atoms. The number of hydrogen-bond donors (Lipinski definition) is 1. The van der Waals surface area contributed by atoms with Crippen LogP contribution in [0.3, 0.4) is 0 Å². The predicted octanol–water partition coefficient (Wildman–Crippen LogP) is 3.11. The summed E-state index contributed by atoms with van der Waals surface area (Å²) in [5.41, 5.74) is -0.0200. The van der Waals surface area contributed by atoms with Gasteiger partial charge in [-0.15, -0.1) is 11.3 Å². The van der Waals surface area contributed by atoms with Crippen LogP contribution in [-0.4, -0.2) is 33.8 Å². The molecule has 1 aromatic carbocycles. The number of halogens is 2. The van der Waals surface area contributed by atoms with Crippen LogP contribution in [0.5, 0.6) is 0 Å². The number of thiophene rings is 1. The summed E-state index contributed by atoms with van der Waals surface area (Å²) in [6.45, 7) is -0.442. The molecule has 0 unspecified atom stereocenters. The number of sulfonamides is 1. The van der Waals surface area contributed by atoms with Crippen molar-refractivity contribution in [3.63, 3.8) is 0 Å². The molecule has 128 valence electrons. The number of carbonyl (C=O) groups excluding carboxylic acids is 2. The van der Waals surface area contributed by atoms with Gasteiger partial charge in [0.1, 0.15) is 4.90 Å². The number of nitrogens with one attached hydrogen (secondary N) is 1. The molecule has 1 N–H and O–H groups in total. The number of hydrogen-bond acceptors (Lipinski definition) is 6. The second kappa shape index (κ2) is 7.75. The Balaban J connectivity index is 2.13. The molecule has 0 saturated heterocycles. The summed E-state index contributed by atoms with van der Waals surface area (Å²) in [5.74, 6) is -1.17. The maximum atomic E-state index is 12.0. The Morgan fingerprint density at radius 1 is 1.29 bits per heavy atom. The molecule has 0 saturated carbocycles. The zero-order valence-electron chi connectivity index (χ0n) is 12.2. The van der Waals surface area contributed by atoms with Crippen LogP contribution in [0.15, 0.2) is 39.0 Å². The van der Waals surface area contributed by atoms with Crippen LogP contribution in [0.4, 0.5) is 0 Å². The molecule has 0 aliphatic heterocycles. The van der Waals surface area contributed by atoms with Gasteiger partial charge in [-0.1, -0.05) is 11.6 Å². The number of benzene rings is 1. The van der Waals surface area contributed by atoms with Gasteiger partial charge in [-0.25, -0.2) is 17.9 Å². The number of ketones is 1. The SMILES string of the molecule is CNS(=O)(=O)c1cc(C(=O)OCC(=O)c2ccc(Br)s2)ccc1Cl. The summed E-state index contributed by atoms with van der Waals surface area (Å²) in [6.07, 6.45) is 0. The molecule has 2 rings (SSSR count). The Morgan fingerprint density at radius 2 is 2.00 bits per heavy atom. The van der Waals surface area contributed by atoms with Crippen LogP contribution in [-0.2, 0) is 14.8 Å². The first-order chi connectivity index (χ1) is 11.2. The molecular weight excluding hydrogens is 442 g/mol. The van der Waals surface area contributed by atoms with Crippen molar-refractivity contribution in [2.75, 3.05) is 13.7 Å². The standard InChI is InChI=1S/C14H11BrClNO5S2/c1-17-24(20,21)12-6-8(2-3-9(12)16)14(19)22-7-10(18)11-4-5-13(15)23-11/h2-6,17H,7H2,1H3. The number of carbonyl (C=O) groups is 2. The van der Waals surface area contributed by atoms with E-state index >= 15 is 0 Å². The second-order valence-corrected chi connectivity index (χ2v) is 9.18. The van der Waals surface area contributed by atoms with Crippen molar-refractivity contribution >= 4 is 60.6 Å². The maximum Gasteiger partial charge on any atom is 0.338 e. The van der Waals surface area contributed by atoms with Gasteiger partial charge in [0.05, 0.1) is 19.2 Å². The topological polar surface area (TPSA) is 89.5 Å². The molecule has 6 nitrogen and oxygen atoms in total. The Labute approximate surface area is 156 Å². The highest BCUT2D eigenvalue weighted by molar-refractivity contribution is 9.11. The fraction of sp³-hybridized carbons (Fsp3) is 0.143. The molecule has 0 amide bonds. The van der Waals surface area contributed by atoms with E-state index in [9.17, 15) is 18.0 Å². The van der Waals surface area contributed by atoms with Gasteiger partial charge in [-0.05, 0) is 53.3 Å². The van der Waals surface area contributed by atoms with Crippen molar-refractivity contribution in [2.24, 2.45) is 0 Å². The van der Waals surface area contributed by atoms with Crippen molar-refractivity contribution in [3.05, 3.63) is 49.6 Å². The van der Waals surface area contributed by atoms with Crippen LogP contribution >= 0.6 is 38.9 Å². The van der Waals surface area contributed by atoms with E-state index in [1.807, 2.05) is 0 Å². The minimum Gasteiger partial charge on any atom is -0.454 e. The molecule has 0 aliphatic rings. The van der Waals surface area contributed by atoms with Crippen molar-refractivity contribution in [1.29, 1.82) is 0 Å². The van der Waals surface area contributed by atoms with Gasteiger partial charge in [0.2, 0.25) is 15.8 Å². The Bertz CT molecular complexity index is 894. The van der Waals surface area contributed by atoms with Crippen molar-refractivity contribution in [3.8, 4) is 0 Å². The second-order valence-electron chi connectivity index (χ2n) is 4.46. The predicted molar refractivity (Wildman–Crippen MR) is 94.3 cm³/mol. The summed E-state index contributed by atoms with van der Waals surface area (Å²) in [7, 11) is -2.59. The smallest absolute Gasteiger partial charge is 0.338 e. The average Bonchev–Trinajstić information content (AvgIpc) is 2.99. The van der Waals surface area contributed by atoms with Gasteiger partial charge in [0.25, 0.3) is 0 Å². The summed E-state index contributed by atoms with van der Waals surface area (Å²) in [4.78, 5) is 24.1. The number of Topliss-reactive ketones (excluding diaryl/α,β-unsaturated/α-hetero) is 1. The van der Waals surface area contributed by atoms with Gasteiger partial charge in [0.15, 0.2) is 6.61 Å². The lowest BCUT2D eigenvalue weighted by atomic mass is 10.2. The first-order valence-electron chi connectivity index (χ1n) is 6.43. The third-order valence-corrected chi connectivity index (χ3v) is 6.47. The van der Waals surface area contributed by atoms with Crippen LogP contribution < -0.4 is 4.72 Å². The summed E-state index contributed by atoms with van der Waals surface area (Å²) >= 11 is 10.3. The monoisotopic (exact) mass is 451 g/mol. The van der Waals surface area contributed by atoms with Gasteiger partial charge in [-0.3, -0.25) is 4.79 Å². The van der Waals surface area contributed by atoms with Crippen molar-refractivity contribution in [2.45, 2.75) is 4.90 Å². The minimum absolute atomic E-state index is 0.0200. The van der Waals surface area contributed by atoms with Crippen LogP contribution in [0.1, 0.15) is 20.0 Å². The van der Waals surface area contributed by atoms with Crippen molar-refractivity contribution in [1.82, 2.24) is 4.72 Å². The minimum atomic E-state index is -3.82. The molecule has 0 bridgehead atoms. The maximum absolute atomic E-state index is 12.0. The molecule has 1 heterocycles. The van der Waals surface area contributed by atoms with Crippen LogP contribution in [0.25, 0.3) is 0 Å². The molecular formula is C14H11BrClNO5S2. The Hall–Kier alpha value is -1.26. The van der Waals surface area contributed by atoms with Crippen molar-refractivity contribution < 1.29 is 22.7 Å².